The van der Waals surface area contributed by atoms with E-state index in [0.717, 1.165) is 12.5 Å². The van der Waals surface area contributed by atoms with Crippen LogP contribution in [0.3, 0.4) is 0 Å². The molecule has 2 rings (SSSR count). The topological polar surface area (TPSA) is 47.3 Å². The maximum Gasteiger partial charge on any atom is 0.149 e. The zero-order chi connectivity index (χ0) is 14.5. The smallest absolute Gasteiger partial charge is 0.149 e. The van der Waals surface area contributed by atoms with Gasteiger partial charge in [-0.15, -0.1) is 0 Å². The lowest BCUT2D eigenvalue weighted by Crippen LogP contribution is -2.00. The molecule has 0 radical (unpaired) electrons. The predicted octanol–water partition coefficient (Wildman–Crippen LogP) is 4.08. The van der Waals surface area contributed by atoms with Gasteiger partial charge in [0, 0.05) is 17.8 Å². The third-order valence-electron chi connectivity index (χ3n) is 2.69. The molecule has 0 amide bonds. The lowest BCUT2D eigenvalue weighted by atomic mass is 10.2. The Hall–Kier alpha value is -2.30. The van der Waals surface area contributed by atoms with E-state index < -0.39 is 11.6 Å². The van der Waals surface area contributed by atoms with E-state index in [-0.39, 0.29) is 5.69 Å². The maximum absolute atomic E-state index is 13.6. The SMILES string of the molecule is CCCOc1cc(Nc2ccc(F)cc2F)ccc1N. The van der Waals surface area contributed by atoms with Crippen molar-refractivity contribution in [2.75, 3.05) is 17.7 Å². The van der Waals surface area contributed by atoms with E-state index in [1.54, 1.807) is 18.2 Å². The standard InChI is InChI=1S/C15H16F2N2O/c1-2-7-20-15-9-11(4-5-13(15)18)19-14-6-3-10(16)8-12(14)17/h3-6,8-9,19H,2,7,18H2,1H3. The quantitative estimate of drug-likeness (QED) is 0.810. The first-order valence-corrected chi connectivity index (χ1v) is 6.34. The van der Waals surface area contributed by atoms with Gasteiger partial charge < -0.3 is 15.8 Å². The summed E-state index contributed by atoms with van der Waals surface area (Å²) in [6.07, 6.45) is 0.865. The van der Waals surface area contributed by atoms with Gasteiger partial charge in [-0.25, -0.2) is 8.78 Å². The minimum absolute atomic E-state index is 0.192. The van der Waals surface area contributed by atoms with Crippen LogP contribution in [0.25, 0.3) is 0 Å². The van der Waals surface area contributed by atoms with Crippen molar-refractivity contribution in [2.45, 2.75) is 13.3 Å². The number of benzene rings is 2. The van der Waals surface area contributed by atoms with Crippen molar-refractivity contribution in [1.29, 1.82) is 0 Å². The average molecular weight is 278 g/mol. The van der Waals surface area contributed by atoms with Crippen LogP contribution < -0.4 is 15.8 Å². The summed E-state index contributed by atoms with van der Waals surface area (Å²) in [5.74, 6) is -0.727. The Morgan fingerprint density at radius 2 is 1.95 bits per heavy atom. The Kier molecular flexibility index (Phi) is 4.40. The van der Waals surface area contributed by atoms with Crippen molar-refractivity contribution < 1.29 is 13.5 Å². The summed E-state index contributed by atoms with van der Waals surface area (Å²) in [5, 5.41) is 2.87. The van der Waals surface area contributed by atoms with Crippen LogP contribution in [0.15, 0.2) is 36.4 Å². The molecule has 0 saturated heterocycles. The summed E-state index contributed by atoms with van der Waals surface area (Å²) in [6, 6.07) is 8.43. The molecular formula is C15H16F2N2O. The summed E-state index contributed by atoms with van der Waals surface area (Å²) >= 11 is 0. The van der Waals surface area contributed by atoms with Crippen molar-refractivity contribution in [1.82, 2.24) is 0 Å². The molecule has 2 aromatic rings. The number of halogens is 2. The average Bonchev–Trinajstić information content (AvgIpc) is 2.42. The zero-order valence-electron chi connectivity index (χ0n) is 11.1. The summed E-state index contributed by atoms with van der Waals surface area (Å²) in [7, 11) is 0. The van der Waals surface area contributed by atoms with Crippen molar-refractivity contribution in [3.63, 3.8) is 0 Å². The van der Waals surface area contributed by atoms with Crippen LogP contribution in [0.1, 0.15) is 13.3 Å². The number of nitrogen functional groups attached to an aromatic ring is 1. The normalized spacial score (nSPS) is 10.3. The second-order valence-electron chi connectivity index (χ2n) is 4.35. The number of nitrogens with one attached hydrogen (secondary N) is 1. The molecule has 0 atom stereocenters. The number of anilines is 3. The van der Waals surface area contributed by atoms with Crippen molar-refractivity contribution in [2.24, 2.45) is 0 Å². The van der Waals surface area contributed by atoms with Crippen LogP contribution in [-0.2, 0) is 0 Å². The molecule has 3 N–H and O–H groups in total. The van der Waals surface area contributed by atoms with Gasteiger partial charge in [0.25, 0.3) is 0 Å². The molecule has 0 fully saturated rings. The molecule has 3 nitrogen and oxygen atoms in total. The molecule has 20 heavy (non-hydrogen) atoms. The molecule has 0 heterocycles. The Morgan fingerprint density at radius 1 is 1.15 bits per heavy atom. The van der Waals surface area contributed by atoms with E-state index in [2.05, 4.69) is 5.32 Å². The third kappa shape index (κ3) is 3.38. The van der Waals surface area contributed by atoms with E-state index >= 15 is 0 Å². The molecule has 0 saturated carbocycles. The summed E-state index contributed by atoms with van der Waals surface area (Å²) in [4.78, 5) is 0. The first kappa shape index (κ1) is 14.1. The maximum atomic E-state index is 13.6. The lowest BCUT2D eigenvalue weighted by molar-refractivity contribution is 0.319. The fourth-order valence-electron chi connectivity index (χ4n) is 1.70. The van der Waals surface area contributed by atoms with Gasteiger partial charge in [-0.1, -0.05) is 6.92 Å². The predicted molar refractivity (Wildman–Crippen MR) is 76.3 cm³/mol. The zero-order valence-corrected chi connectivity index (χ0v) is 11.1. The summed E-state index contributed by atoms with van der Waals surface area (Å²) < 4.78 is 31.9. The van der Waals surface area contributed by atoms with Gasteiger partial charge in [0.05, 0.1) is 18.0 Å². The van der Waals surface area contributed by atoms with E-state index in [0.29, 0.717) is 23.7 Å². The van der Waals surface area contributed by atoms with E-state index in [9.17, 15) is 8.78 Å². The third-order valence-corrected chi connectivity index (χ3v) is 2.69. The molecule has 0 aliphatic heterocycles. The molecule has 0 aliphatic carbocycles. The van der Waals surface area contributed by atoms with Crippen LogP contribution in [0.5, 0.6) is 5.75 Å². The van der Waals surface area contributed by atoms with Crippen LogP contribution >= 0.6 is 0 Å². The summed E-state index contributed by atoms with van der Waals surface area (Å²) in [5.41, 5.74) is 7.13. The first-order valence-electron chi connectivity index (χ1n) is 6.34. The number of nitrogens with two attached hydrogens (primary N) is 1. The Bertz CT molecular complexity index is 602. The molecule has 5 heteroatoms. The highest BCUT2D eigenvalue weighted by atomic mass is 19.1. The molecule has 2 aromatic carbocycles. The van der Waals surface area contributed by atoms with Crippen molar-refractivity contribution in [3.05, 3.63) is 48.0 Å². The molecule has 0 unspecified atom stereocenters. The highest BCUT2D eigenvalue weighted by molar-refractivity contribution is 5.67. The van der Waals surface area contributed by atoms with E-state index in [4.69, 9.17) is 10.5 Å². The molecule has 0 bridgehead atoms. The van der Waals surface area contributed by atoms with Crippen LogP contribution in [0, 0.1) is 11.6 Å². The largest absolute Gasteiger partial charge is 0.491 e. The highest BCUT2D eigenvalue weighted by Crippen LogP contribution is 2.28. The molecule has 106 valence electrons. The van der Waals surface area contributed by atoms with E-state index in [1.165, 1.54) is 12.1 Å². The van der Waals surface area contributed by atoms with Gasteiger partial charge in [-0.3, -0.25) is 0 Å². The first-order chi connectivity index (χ1) is 9.60. The number of hydrogen-bond acceptors (Lipinski definition) is 3. The number of rotatable bonds is 5. The second kappa shape index (κ2) is 6.23. The highest BCUT2D eigenvalue weighted by Gasteiger charge is 2.06. The van der Waals surface area contributed by atoms with Crippen molar-refractivity contribution >= 4 is 17.1 Å². The monoisotopic (exact) mass is 278 g/mol. The van der Waals surface area contributed by atoms with Crippen molar-refractivity contribution in [3.8, 4) is 5.75 Å². The van der Waals surface area contributed by atoms with Crippen LogP contribution in [0.4, 0.5) is 25.8 Å². The summed E-state index contributed by atoms with van der Waals surface area (Å²) in [6.45, 7) is 2.55. The minimum Gasteiger partial charge on any atom is -0.491 e. The molecular weight excluding hydrogens is 262 g/mol. The molecule has 0 aliphatic rings. The Morgan fingerprint density at radius 3 is 2.65 bits per heavy atom. The van der Waals surface area contributed by atoms with Gasteiger partial charge in [-0.05, 0) is 30.7 Å². The lowest BCUT2D eigenvalue weighted by Gasteiger charge is -2.12. The number of hydrogen-bond donors (Lipinski definition) is 2. The van der Waals surface area contributed by atoms with Crippen LogP contribution in [-0.4, -0.2) is 6.61 Å². The minimum atomic E-state index is -0.655. The van der Waals surface area contributed by atoms with Gasteiger partial charge >= 0.3 is 0 Å². The van der Waals surface area contributed by atoms with Gasteiger partial charge in [0.15, 0.2) is 0 Å². The van der Waals surface area contributed by atoms with Gasteiger partial charge in [-0.2, -0.15) is 0 Å². The Labute approximate surface area is 116 Å². The fourth-order valence-corrected chi connectivity index (χ4v) is 1.70. The fraction of sp³-hybridized carbons (Fsp3) is 0.200. The Balaban J connectivity index is 2.20. The molecule has 0 spiro atoms. The van der Waals surface area contributed by atoms with Gasteiger partial charge in [0.2, 0.25) is 0 Å². The number of ether oxygens (including phenoxy) is 1. The van der Waals surface area contributed by atoms with E-state index in [1.807, 2.05) is 6.92 Å². The second-order valence-corrected chi connectivity index (χ2v) is 4.35. The molecule has 0 aromatic heterocycles. The van der Waals surface area contributed by atoms with Crippen LogP contribution in [0.2, 0.25) is 0 Å². The van der Waals surface area contributed by atoms with Gasteiger partial charge in [0.1, 0.15) is 17.4 Å².